The molecule has 1 aromatic rings. The van der Waals surface area contributed by atoms with E-state index in [9.17, 15) is 4.79 Å². The first kappa shape index (κ1) is 14.3. The van der Waals surface area contributed by atoms with Crippen molar-refractivity contribution in [1.82, 2.24) is 0 Å². The van der Waals surface area contributed by atoms with Gasteiger partial charge in [0.2, 0.25) is 0 Å². The number of carbonyl (C=O) groups is 1. The number of anilines is 1. The summed E-state index contributed by atoms with van der Waals surface area (Å²) in [5.74, 6) is -0.420. The standard InChI is InChI=1S/C14H19NO3/c1-14(2,3)18-13(17)7-5-11-8-10(9-16)4-6-12(11)15/h4-8,16H,9,15H2,1-3H3/b7-5+. The number of nitrogen functional groups attached to an aromatic ring is 1. The van der Waals surface area contributed by atoms with E-state index in [0.29, 0.717) is 11.3 Å². The molecule has 4 nitrogen and oxygen atoms in total. The first-order valence-corrected chi connectivity index (χ1v) is 5.72. The summed E-state index contributed by atoms with van der Waals surface area (Å²) in [5, 5.41) is 9.03. The molecule has 0 saturated carbocycles. The van der Waals surface area contributed by atoms with Crippen molar-refractivity contribution < 1.29 is 14.6 Å². The summed E-state index contributed by atoms with van der Waals surface area (Å²) in [6.07, 6.45) is 2.92. The lowest BCUT2D eigenvalue weighted by Gasteiger charge is -2.17. The van der Waals surface area contributed by atoms with Crippen molar-refractivity contribution in [2.24, 2.45) is 0 Å². The highest BCUT2D eigenvalue weighted by molar-refractivity contribution is 5.88. The van der Waals surface area contributed by atoms with Gasteiger partial charge in [-0.25, -0.2) is 4.79 Å². The third-order valence-electron chi connectivity index (χ3n) is 2.14. The third-order valence-corrected chi connectivity index (χ3v) is 2.14. The minimum atomic E-state index is -0.514. The number of benzene rings is 1. The predicted molar refractivity (Wildman–Crippen MR) is 71.7 cm³/mol. The maximum absolute atomic E-state index is 11.5. The van der Waals surface area contributed by atoms with Gasteiger partial charge in [0.25, 0.3) is 0 Å². The Hall–Kier alpha value is -1.81. The fourth-order valence-electron chi connectivity index (χ4n) is 1.36. The normalized spacial score (nSPS) is 11.8. The largest absolute Gasteiger partial charge is 0.457 e. The number of esters is 1. The predicted octanol–water partition coefficient (Wildman–Crippen LogP) is 2.12. The zero-order chi connectivity index (χ0) is 13.8. The first-order valence-electron chi connectivity index (χ1n) is 5.72. The second-order valence-electron chi connectivity index (χ2n) is 4.99. The number of hydrogen-bond acceptors (Lipinski definition) is 4. The smallest absolute Gasteiger partial charge is 0.331 e. The van der Waals surface area contributed by atoms with Gasteiger partial charge in [0.1, 0.15) is 5.60 Å². The van der Waals surface area contributed by atoms with Crippen LogP contribution in [0.3, 0.4) is 0 Å². The van der Waals surface area contributed by atoms with E-state index in [1.54, 1.807) is 45.0 Å². The Kier molecular flexibility index (Phi) is 4.50. The van der Waals surface area contributed by atoms with Crippen LogP contribution in [0.4, 0.5) is 5.69 Å². The summed E-state index contributed by atoms with van der Waals surface area (Å²) < 4.78 is 5.14. The molecule has 3 N–H and O–H groups in total. The van der Waals surface area contributed by atoms with Crippen molar-refractivity contribution in [3.8, 4) is 0 Å². The maximum atomic E-state index is 11.5. The van der Waals surface area contributed by atoms with Crippen molar-refractivity contribution in [3.63, 3.8) is 0 Å². The first-order chi connectivity index (χ1) is 8.31. The Bertz CT molecular complexity index is 459. The molecule has 0 spiro atoms. The summed E-state index contributed by atoms with van der Waals surface area (Å²) in [6, 6.07) is 5.16. The number of ether oxygens (including phenoxy) is 1. The molecule has 0 bridgehead atoms. The molecular formula is C14H19NO3. The lowest BCUT2D eigenvalue weighted by Crippen LogP contribution is -2.22. The quantitative estimate of drug-likeness (QED) is 0.489. The number of hydrogen-bond donors (Lipinski definition) is 2. The highest BCUT2D eigenvalue weighted by Gasteiger charge is 2.13. The Labute approximate surface area is 107 Å². The van der Waals surface area contributed by atoms with E-state index in [1.807, 2.05) is 0 Å². The van der Waals surface area contributed by atoms with Crippen LogP contribution >= 0.6 is 0 Å². The molecule has 4 heteroatoms. The van der Waals surface area contributed by atoms with Gasteiger partial charge in [0, 0.05) is 11.8 Å². The monoisotopic (exact) mass is 249 g/mol. The SMILES string of the molecule is CC(C)(C)OC(=O)/C=C/c1cc(CO)ccc1N. The van der Waals surface area contributed by atoms with E-state index in [1.165, 1.54) is 6.08 Å². The fourth-order valence-corrected chi connectivity index (χ4v) is 1.36. The van der Waals surface area contributed by atoms with Crippen molar-refractivity contribution >= 4 is 17.7 Å². The molecule has 98 valence electrons. The number of rotatable bonds is 3. The van der Waals surface area contributed by atoms with Gasteiger partial charge in [-0.2, -0.15) is 0 Å². The fraction of sp³-hybridized carbons (Fsp3) is 0.357. The van der Waals surface area contributed by atoms with Gasteiger partial charge in [-0.15, -0.1) is 0 Å². The average Bonchev–Trinajstić information content (AvgIpc) is 2.25. The van der Waals surface area contributed by atoms with Crippen molar-refractivity contribution in [3.05, 3.63) is 35.4 Å². The minimum absolute atomic E-state index is 0.0619. The molecule has 18 heavy (non-hydrogen) atoms. The zero-order valence-electron chi connectivity index (χ0n) is 10.9. The second-order valence-corrected chi connectivity index (χ2v) is 4.99. The Morgan fingerprint density at radius 3 is 2.67 bits per heavy atom. The molecule has 0 saturated heterocycles. The Balaban J connectivity index is 2.81. The number of carbonyl (C=O) groups excluding carboxylic acids is 1. The Morgan fingerprint density at radius 2 is 2.11 bits per heavy atom. The summed E-state index contributed by atoms with van der Waals surface area (Å²) in [7, 11) is 0. The van der Waals surface area contributed by atoms with Crippen LogP contribution in [0.2, 0.25) is 0 Å². The highest BCUT2D eigenvalue weighted by Crippen LogP contribution is 2.16. The van der Waals surface area contributed by atoms with E-state index in [0.717, 1.165) is 5.56 Å². The van der Waals surface area contributed by atoms with Crippen molar-refractivity contribution in [1.29, 1.82) is 0 Å². The summed E-state index contributed by atoms with van der Waals surface area (Å²) in [5.41, 5.74) is 7.24. The second kappa shape index (κ2) is 5.69. The number of aliphatic hydroxyl groups is 1. The van der Waals surface area contributed by atoms with E-state index >= 15 is 0 Å². The molecule has 0 aliphatic carbocycles. The molecular weight excluding hydrogens is 230 g/mol. The lowest BCUT2D eigenvalue weighted by atomic mass is 10.1. The van der Waals surface area contributed by atoms with Crippen LogP contribution in [0.5, 0.6) is 0 Å². The van der Waals surface area contributed by atoms with Crippen LogP contribution in [-0.4, -0.2) is 16.7 Å². The van der Waals surface area contributed by atoms with E-state index in [-0.39, 0.29) is 6.61 Å². The van der Waals surface area contributed by atoms with Gasteiger partial charge in [-0.3, -0.25) is 0 Å². The molecule has 0 heterocycles. The minimum Gasteiger partial charge on any atom is -0.457 e. The molecule has 0 atom stereocenters. The molecule has 0 amide bonds. The molecule has 0 fully saturated rings. The van der Waals surface area contributed by atoms with Crippen LogP contribution in [0, 0.1) is 0 Å². The third kappa shape index (κ3) is 4.59. The molecule has 0 unspecified atom stereocenters. The van der Waals surface area contributed by atoms with Gasteiger partial charge in [0.15, 0.2) is 0 Å². The number of aliphatic hydroxyl groups excluding tert-OH is 1. The van der Waals surface area contributed by atoms with Crippen molar-refractivity contribution in [2.75, 3.05) is 5.73 Å². The van der Waals surface area contributed by atoms with Crippen LogP contribution in [0.15, 0.2) is 24.3 Å². The van der Waals surface area contributed by atoms with Crippen LogP contribution in [0.25, 0.3) is 6.08 Å². The topological polar surface area (TPSA) is 72.5 Å². The van der Waals surface area contributed by atoms with Crippen molar-refractivity contribution in [2.45, 2.75) is 33.0 Å². The van der Waals surface area contributed by atoms with Gasteiger partial charge in [-0.1, -0.05) is 6.07 Å². The highest BCUT2D eigenvalue weighted by atomic mass is 16.6. The molecule has 0 aliphatic heterocycles. The van der Waals surface area contributed by atoms with E-state index in [4.69, 9.17) is 15.6 Å². The van der Waals surface area contributed by atoms with Crippen LogP contribution in [-0.2, 0) is 16.1 Å². The molecule has 1 aromatic carbocycles. The maximum Gasteiger partial charge on any atom is 0.331 e. The summed E-state index contributed by atoms with van der Waals surface area (Å²) >= 11 is 0. The van der Waals surface area contributed by atoms with Gasteiger partial charge >= 0.3 is 5.97 Å². The van der Waals surface area contributed by atoms with Crippen LogP contribution in [0.1, 0.15) is 31.9 Å². The molecule has 0 radical (unpaired) electrons. The Morgan fingerprint density at radius 1 is 1.44 bits per heavy atom. The lowest BCUT2D eigenvalue weighted by molar-refractivity contribution is -0.148. The van der Waals surface area contributed by atoms with Gasteiger partial charge in [0.05, 0.1) is 6.61 Å². The molecule has 0 aromatic heterocycles. The van der Waals surface area contributed by atoms with Gasteiger partial charge < -0.3 is 15.6 Å². The zero-order valence-corrected chi connectivity index (χ0v) is 10.9. The summed E-state index contributed by atoms with van der Waals surface area (Å²) in [6.45, 7) is 5.35. The van der Waals surface area contributed by atoms with E-state index in [2.05, 4.69) is 0 Å². The molecule has 1 rings (SSSR count). The van der Waals surface area contributed by atoms with Gasteiger partial charge in [-0.05, 0) is 50.1 Å². The molecule has 0 aliphatic rings. The summed E-state index contributed by atoms with van der Waals surface area (Å²) in [4.78, 5) is 11.5. The van der Waals surface area contributed by atoms with E-state index < -0.39 is 11.6 Å². The number of nitrogens with two attached hydrogens (primary N) is 1. The average molecular weight is 249 g/mol. The van der Waals surface area contributed by atoms with Crippen LogP contribution < -0.4 is 5.73 Å².